The van der Waals surface area contributed by atoms with Gasteiger partial charge in [0.2, 0.25) is 15.9 Å². The molecule has 0 radical (unpaired) electrons. The molecule has 0 aliphatic carbocycles. The van der Waals surface area contributed by atoms with Gasteiger partial charge in [-0.05, 0) is 24.3 Å². The number of amides is 1. The highest BCUT2D eigenvalue weighted by Crippen LogP contribution is 2.20. The molecule has 1 aliphatic heterocycles. The molecule has 1 N–H and O–H groups in total. The maximum atomic E-state index is 12.7. The first-order valence-corrected chi connectivity index (χ1v) is 10.0. The Hall–Kier alpha value is -2.20. The van der Waals surface area contributed by atoms with E-state index in [1.807, 2.05) is 0 Å². The first kappa shape index (κ1) is 19.6. The maximum absolute atomic E-state index is 12.7. The molecular weight excluding hydrogens is 394 g/mol. The van der Waals surface area contributed by atoms with Gasteiger partial charge in [0.25, 0.3) is 5.56 Å². The summed E-state index contributed by atoms with van der Waals surface area (Å²) in [4.78, 5) is 24.5. The molecule has 0 bridgehead atoms. The second-order valence-corrected chi connectivity index (χ2v) is 8.16. The molecule has 0 unspecified atom stereocenters. The summed E-state index contributed by atoms with van der Waals surface area (Å²) >= 11 is 6.00. The summed E-state index contributed by atoms with van der Waals surface area (Å²) < 4.78 is 32.9. The SMILES string of the molecule is O=C(Cn1cccc(S(=O)(=O)N2CCOCC2)c1=O)Nc1ccccc1Cl. The van der Waals surface area contributed by atoms with Crippen molar-refractivity contribution >= 4 is 33.2 Å². The third-order valence-electron chi connectivity index (χ3n) is 4.04. The molecule has 0 saturated carbocycles. The fourth-order valence-corrected chi connectivity index (χ4v) is 4.35. The molecule has 1 fully saturated rings. The standard InChI is InChI=1S/C17H18ClN3O5S/c18-13-4-1-2-5-14(13)19-16(22)12-20-7-3-6-15(17(20)23)27(24,25)21-8-10-26-11-9-21/h1-7H,8-12H2,(H,19,22). The van der Waals surface area contributed by atoms with E-state index in [0.29, 0.717) is 10.7 Å². The fourth-order valence-electron chi connectivity index (χ4n) is 2.67. The van der Waals surface area contributed by atoms with Gasteiger partial charge in [-0.25, -0.2) is 8.42 Å². The number of halogens is 1. The van der Waals surface area contributed by atoms with Crippen LogP contribution < -0.4 is 10.9 Å². The lowest BCUT2D eigenvalue weighted by Crippen LogP contribution is -2.43. The van der Waals surface area contributed by atoms with Gasteiger partial charge in [0.05, 0.1) is 23.9 Å². The van der Waals surface area contributed by atoms with Gasteiger partial charge in [0.15, 0.2) is 0 Å². The van der Waals surface area contributed by atoms with E-state index in [1.54, 1.807) is 24.3 Å². The van der Waals surface area contributed by atoms with Crippen molar-refractivity contribution in [3.63, 3.8) is 0 Å². The minimum atomic E-state index is -3.95. The molecule has 1 aromatic carbocycles. The van der Waals surface area contributed by atoms with Gasteiger partial charge in [-0.2, -0.15) is 4.31 Å². The van der Waals surface area contributed by atoms with Crippen LogP contribution in [0.4, 0.5) is 5.69 Å². The van der Waals surface area contributed by atoms with E-state index in [0.717, 1.165) is 4.57 Å². The van der Waals surface area contributed by atoms with Crippen molar-refractivity contribution in [2.24, 2.45) is 0 Å². The predicted octanol–water partition coefficient (Wildman–Crippen LogP) is 1.16. The summed E-state index contributed by atoms with van der Waals surface area (Å²) in [5.41, 5.74) is -0.340. The largest absolute Gasteiger partial charge is 0.379 e. The smallest absolute Gasteiger partial charge is 0.271 e. The lowest BCUT2D eigenvalue weighted by molar-refractivity contribution is -0.116. The highest BCUT2D eigenvalue weighted by molar-refractivity contribution is 7.89. The Morgan fingerprint density at radius 1 is 1.15 bits per heavy atom. The van der Waals surface area contributed by atoms with Crippen molar-refractivity contribution in [3.05, 3.63) is 58.0 Å². The Morgan fingerprint density at radius 3 is 2.56 bits per heavy atom. The Morgan fingerprint density at radius 2 is 1.85 bits per heavy atom. The van der Waals surface area contributed by atoms with Gasteiger partial charge >= 0.3 is 0 Å². The van der Waals surface area contributed by atoms with E-state index in [1.165, 1.54) is 22.6 Å². The molecule has 1 aromatic heterocycles. The van der Waals surface area contributed by atoms with Crippen LogP contribution in [0.3, 0.4) is 0 Å². The highest BCUT2D eigenvalue weighted by Gasteiger charge is 2.29. The molecule has 0 atom stereocenters. The number of aromatic nitrogens is 1. The number of sulfonamides is 1. The van der Waals surface area contributed by atoms with Gasteiger partial charge in [-0.1, -0.05) is 23.7 Å². The number of benzene rings is 1. The number of carbonyl (C=O) groups excluding carboxylic acids is 1. The number of hydrogen-bond acceptors (Lipinski definition) is 5. The highest BCUT2D eigenvalue weighted by atomic mass is 35.5. The van der Waals surface area contributed by atoms with Crippen LogP contribution in [0, 0.1) is 0 Å². The van der Waals surface area contributed by atoms with Crippen molar-refractivity contribution in [2.45, 2.75) is 11.4 Å². The van der Waals surface area contributed by atoms with Crippen LogP contribution in [0.2, 0.25) is 5.02 Å². The third-order valence-corrected chi connectivity index (χ3v) is 6.28. The molecular formula is C17H18ClN3O5S. The average Bonchev–Trinajstić information content (AvgIpc) is 2.66. The number of rotatable bonds is 5. The van der Waals surface area contributed by atoms with E-state index >= 15 is 0 Å². The number of carbonyl (C=O) groups is 1. The van der Waals surface area contributed by atoms with Gasteiger partial charge in [0, 0.05) is 19.3 Å². The van der Waals surface area contributed by atoms with Gasteiger partial charge in [-0.15, -0.1) is 0 Å². The lowest BCUT2D eigenvalue weighted by atomic mass is 10.3. The van der Waals surface area contributed by atoms with E-state index < -0.39 is 21.5 Å². The summed E-state index contributed by atoms with van der Waals surface area (Å²) in [5, 5.41) is 2.96. The zero-order valence-corrected chi connectivity index (χ0v) is 15.9. The Balaban J connectivity index is 1.82. The van der Waals surface area contributed by atoms with Gasteiger partial charge in [0.1, 0.15) is 11.4 Å². The quantitative estimate of drug-likeness (QED) is 0.796. The number of anilines is 1. The molecule has 1 amide bonds. The van der Waals surface area contributed by atoms with Crippen LogP contribution in [-0.2, 0) is 26.1 Å². The fraction of sp³-hybridized carbons (Fsp3) is 0.294. The monoisotopic (exact) mass is 411 g/mol. The van der Waals surface area contributed by atoms with Crippen LogP contribution >= 0.6 is 11.6 Å². The van der Waals surface area contributed by atoms with E-state index in [9.17, 15) is 18.0 Å². The summed E-state index contributed by atoms with van der Waals surface area (Å²) in [5.74, 6) is -0.494. The van der Waals surface area contributed by atoms with Crippen molar-refractivity contribution in [2.75, 3.05) is 31.6 Å². The minimum Gasteiger partial charge on any atom is -0.379 e. The third kappa shape index (κ3) is 4.38. The normalized spacial score (nSPS) is 15.4. The number of ether oxygens (including phenoxy) is 1. The Bertz CT molecular complexity index is 1000. The van der Waals surface area contributed by atoms with E-state index in [4.69, 9.17) is 16.3 Å². The average molecular weight is 412 g/mol. The van der Waals surface area contributed by atoms with Crippen molar-refractivity contribution in [3.8, 4) is 0 Å². The molecule has 3 rings (SSSR count). The number of morpholine rings is 1. The van der Waals surface area contributed by atoms with Crippen LogP contribution in [0.25, 0.3) is 0 Å². The van der Waals surface area contributed by atoms with Gasteiger partial charge < -0.3 is 14.6 Å². The van der Waals surface area contributed by atoms with Crippen LogP contribution in [0.15, 0.2) is 52.3 Å². The van der Waals surface area contributed by atoms with Crippen LogP contribution in [-0.4, -0.2) is 49.5 Å². The molecule has 0 spiro atoms. The van der Waals surface area contributed by atoms with Crippen LogP contribution in [0.5, 0.6) is 0 Å². The number of nitrogens with one attached hydrogen (secondary N) is 1. The Labute approximate surface area is 161 Å². The van der Waals surface area contributed by atoms with Crippen molar-refractivity contribution in [1.29, 1.82) is 0 Å². The van der Waals surface area contributed by atoms with Gasteiger partial charge in [-0.3, -0.25) is 9.59 Å². The zero-order valence-electron chi connectivity index (χ0n) is 14.3. The summed E-state index contributed by atoms with van der Waals surface area (Å²) in [6.07, 6.45) is 1.37. The zero-order chi connectivity index (χ0) is 19.4. The topological polar surface area (TPSA) is 97.7 Å². The second kappa shape index (κ2) is 8.22. The summed E-state index contributed by atoms with van der Waals surface area (Å²) in [7, 11) is -3.95. The molecule has 2 aromatic rings. The summed E-state index contributed by atoms with van der Waals surface area (Å²) in [6.45, 7) is 0.588. The number of pyridine rings is 1. The molecule has 144 valence electrons. The predicted molar refractivity (Wildman–Crippen MR) is 100 cm³/mol. The molecule has 1 saturated heterocycles. The first-order chi connectivity index (χ1) is 12.9. The number of hydrogen-bond donors (Lipinski definition) is 1. The molecule has 2 heterocycles. The van der Waals surface area contributed by atoms with Crippen molar-refractivity contribution in [1.82, 2.24) is 8.87 Å². The van der Waals surface area contributed by atoms with E-state index in [2.05, 4.69) is 5.32 Å². The molecule has 8 nitrogen and oxygen atoms in total. The van der Waals surface area contributed by atoms with Crippen molar-refractivity contribution < 1.29 is 17.9 Å². The molecule has 1 aliphatic rings. The Kier molecular flexibility index (Phi) is 5.95. The summed E-state index contributed by atoms with van der Waals surface area (Å²) in [6, 6.07) is 9.36. The second-order valence-electron chi connectivity index (χ2n) is 5.85. The van der Waals surface area contributed by atoms with E-state index in [-0.39, 0.29) is 37.7 Å². The molecule has 27 heavy (non-hydrogen) atoms. The molecule has 10 heteroatoms. The maximum Gasteiger partial charge on any atom is 0.271 e. The minimum absolute atomic E-state index is 0.184. The first-order valence-electron chi connectivity index (χ1n) is 8.21. The lowest BCUT2D eigenvalue weighted by Gasteiger charge is -2.25. The number of nitrogens with zero attached hydrogens (tertiary/aromatic N) is 2. The number of para-hydroxylation sites is 1. The van der Waals surface area contributed by atoms with Crippen LogP contribution in [0.1, 0.15) is 0 Å².